The van der Waals surface area contributed by atoms with Gasteiger partial charge in [-0.2, -0.15) is 0 Å². The molecule has 0 radical (unpaired) electrons. The third-order valence-corrected chi connectivity index (χ3v) is 6.75. The normalized spacial score (nSPS) is 18.3. The number of benzene rings is 2. The van der Waals surface area contributed by atoms with Crippen molar-refractivity contribution in [3.63, 3.8) is 0 Å². The first-order valence-corrected chi connectivity index (χ1v) is 11.8. The van der Waals surface area contributed by atoms with Gasteiger partial charge in [0, 0.05) is 30.8 Å². The van der Waals surface area contributed by atoms with E-state index in [0.717, 1.165) is 40.5 Å². The Morgan fingerprint density at radius 3 is 2.62 bits per heavy atom. The molecule has 1 N–H and O–H groups in total. The van der Waals surface area contributed by atoms with Crippen LogP contribution >= 0.6 is 0 Å². The third-order valence-electron chi connectivity index (χ3n) is 6.75. The summed E-state index contributed by atoms with van der Waals surface area (Å²) in [7, 11) is 0. The summed E-state index contributed by atoms with van der Waals surface area (Å²) in [5.41, 5.74) is 4.16. The van der Waals surface area contributed by atoms with Crippen LogP contribution < -0.4 is 9.47 Å². The fourth-order valence-corrected chi connectivity index (χ4v) is 4.69. The molecule has 0 spiro atoms. The van der Waals surface area contributed by atoms with E-state index in [9.17, 15) is 9.50 Å². The molecule has 176 valence electrons. The van der Waals surface area contributed by atoms with E-state index in [1.165, 1.54) is 31.8 Å². The van der Waals surface area contributed by atoms with Crippen molar-refractivity contribution in [3.05, 3.63) is 83.4 Å². The highest BCUT2D eigenvalue weighted by atomic mass is 19.1. The summed E-state index contributed by atoms with van der Waals surface area (Å²) in [6.45, 7) is 8.16. The maximum atomic E-state index is 13.6. The smallest absolute Gasteiger partial charge is 0.151 e. The second-order valence-electron chi connectivity index (χ2n) is 9.03. The number of ether oxygens (including phenoxy) is 2. The zero-order valence-electron chi connectivity index (χ0n) is 19.5. The molecule has 5 rings (SSSR count). The van der Waals surface area contributed by atoms with Crippen LogP contribution in [0, 0.1) is 11.7 Å². The monoisotopic (exact) mass is 460 g/mol. The number of likely N-dealkylation sites (tertiary alicyclic amines) is 1. The summed E-state index contributed by atoms with van der Waals surface area (Å²) in [5.74, 6) is 2.12. The minimum atomic E-state index is -0.420. The number of pyridine rings is 1. The van der Waals surface area contributed by atoms with Gasteiger partial charge in [0.25, 0.3) is 0 Å². The van der Waals surface area contributed by atoms with Crippen LogP contribution in [0.3, 0.4) is 0 Å². The zero-order chi connectivity index (χ0) is 23.7. The fraction of sp³-hybridized carbons (Fsp3) is 0.321. The molecular weight excluding hydrogens is 431 g/mol. The van der Waals surface area contributed by atoms with Crippen LogP contribution in [0.2, 0.25) is 0 Å². The number of aromatic hydroxyl groups is 1. The van der Waals surface area contributed by atoms with E-state index in [-0.39, 0.29) is 5.75 Å². The minimum absolute atomic E-state index is 0.163. The van der Waals surface area contributed by atoms with Gasteiger partial charge in [-0.25, -0.2) is 4.39 Å². The van der Waals surface area contributed by atoms with E-state index in [1.807, 2.05) is 31.2 Å². The number of allylic oxidation sites excluding steroid dienone is 1. The van der Waals surface area contributed by atoms with Crippen molar-refractivity contribution in [2.75, 3.05) is 26.2 Å². The van der Waals surface area contributed by atoms with Crippen molar-refractivity contribution in [2.45, 2.75) is 26.4 Å². The number of aromatic nitrogens is 1. The average Bonchev–Trinajstić information content (AvgIpc) is 2.82. The Bertz CT molecular complexity index is 1190. The van der Waals surface area contributed by atoms with Gasteiger partial charge >= 0.3 is 0 Å². The standard InChI is InChI=1S/C28H29FN2O3/c1-3-19-16-31(17-19)12-13-33-23-8-4-20(5-9-23)28-27(25-10-6-21(29)15-30-25)18(2)24-14-22(32)7-11-26(24)34-28/h4-11,14-15,19,28,32H,3,12-13,16-17H2,1-2H3. The van der Waals surface area contributed by atoms with Gasteiger partial charge in [0.1, 0.15) is 29.7 Å². The van der Waals surface area contributed by atoms with Crippen LogP contribution in [0.1, 0.15) is 43.2 Å². The quantitative estimate of drug-likeness (QED) is 0.489. The number of fused-ring (bicyclic) bond motifs is 1. The van der Waals surface area contributed by atoms with Crippen LogP contribution in [0.5, 0.6) is 17.2 Å². The number of nitrogens with zero attached hydrogens (tertiary/aromatic N) is 2. The van der Waals surface area contributed by atoms with Crippen LogP contribution in [0.4, 0.5) is 4.39 Å². The van der Waals surface area contributed by atoms with Crippen LogP contribution in [0.25, 0.3) is 11.1 Å². The van der Waals surface area contributed by atoms with Gasteiger partial charge < -0.3 is 14.6 Å². The van der Waals surface area contributed by atoms with Crippen molar-refractivity contribution in [3.8, 4) is 17.2 Å². The first kappa shape index (κ1) is 22.4. The zero-order valence-corrected chi connectivity index (χ0v) is 19.5. The SMILES string of the molecule is CCC1CN(CCOc2ccc(C3Oc4ccc(O)cc4C(C)=C3c3ccc(F)cn3)cc2)C1. The van der Waals surface area contributed by atoms with E-state index in [1.54, 1.807) is 24.3 Å². The molecule has 2 aliphatic heterocycles. The Hall–Kier alpha value is -3.38. The highest BCUT2D eigenvalue weighted by Gasteiger charge is 2.30. The first-order chi connectivity index (χ1) is 16.5. The van der Waals surface area contributed by atoms with Crippen molar-refractivity contribution >= 4 is 11.1 Å². The molecule has 1 unspecified atom stereocenters. The maximum absolute atomic E-state index is 13.6. The van der Waals surface area contributed by atoms with E-state index in [0.29, 0.717) is 18.1 Å². The molecule has 2 aromatic carbocycles. The van der Waals surface area contributed by atoms with Crippen molar-refractivity contribution < 1.29 is 19.0 Å². The van der Waals surface area contributed by atoms with Crippen LogP contribution in [0.15, 0.2) is 60.8 Å². The first-order valence-electron chi connectivity index (χ1n) is 11.8. The van der Waals surface area contributed by atoms with Crippen molar-refractivity contribution in [1.82, 2.24) is 9.88 Å². The molecule has 0 amide bonds. The Kier molecular flexibility index (Phi) is 6.24. The Morgan fingerprint density at radius 2 is 1.91 bits per heavy atom. The number of phenols is 1. The molecule has 0 bridgehead atoms. The molecule has 5 nitrogen and oxygen atoms in total. The summed E-state index contributed by atoms with van der Waals surface area (Å²) in [6.07, 6.45) is 2.04. The van der Waals surface area contributed by atoms with Gasteiger partial charge in [0.2, 0.25) is 0 Å². The van der Waals surface area contributed by atoms with Crippen molar-refractivity contribution in [1.29, 1.82) is 0 Å². The molecule has 2 aliphatic rings. The fourth-order valence-electron chi connectivity index (χ4n) is 4.69. The molecule has 3 heterocycles. The molecule has 0 saturated carbocycles. The lowest BCUT2D eigenvalue weighted by Gasteiger charge is -2.38. The molecule has 34 heavy (non-hydrogen) atoms. The highest BCUT2D eigenvalue weighted by molar-refractivity contribution is 5.94. The van der Waals surface area contributed by atoms with Crippen LogP contribution in [-0.4, -0.2) is 41.2 Å². The van der Waals surface area contributed by atoms with Gasteiger partial charge in [0.05, 0.1) is 11.9 Å². The van der Waals surface area contributed by atoms with Gasteiger partial charge in [-0.05, 0) is 66.4 Å². The number of halogens is 1. The largest absolute Gasteiger partial charge is 0.508 e. The summed E-state index contributed by atoms with van der Waals surface area (Å²) in [5, 5.41) is 10.0. The Labute approximate surface area is 199 Å². The lowest BCUT2D eigenvalue weighted by molar-refractivity contribution is 0.0806. The summed E-state index contributed by atoms with van der Waals surface area (Å²) >= 11 is 0. The molecule has 1 fully saturated rings. The number of rotatable bonds is 7. The Morgan fingerprint density at radius 1 is 1.12 bits per heavy atom. The maximum Gasteiger partial charge on any atom is 0.151 e. The summed E-state index contributed by atoms with van der Waals surface area (Å²) in [4.78, 5) is 6.74. The molecule has 0 aliphatic carbocycles. The van der Waals surface area contributed by atoms with E-state index in [2.05, 4.69) is 16.8 Å². The molecule has 6 heteroatoms. The predicted octanol–water partition coefficient (Wildman–Crippen LogP) is 5.71. The lowest BCUT2D eigenvalue weighted by Crippen LogP contribution is -2.47. The average molecular weight is 461 g/mol. The second-order valence-corrected chi connectivity index (χ2v) is 9.03. The van der Waals surface area contributed by atoms with E-state index in [4.69, 9.17) is 9.47 Å². The third kappa shape index (κ3) is 4.50. The summed E-state index contributed by atoms with van der Waals surface area (Å²) in [6, 6.07) is 16.0. The van der Waals surface area contributed by atoms with Gasteiger partial charge in [-0.1, -0.05) is 25.5 Å². The molecule has 1 aromatic heterocycles. The molecule has 3 aromatic rings. The molecule has 1 saturated heterocycles. The number of phenolic OH excluding ortho intramolecular Hbond substituents is 1. The minimum Gasteiger partial charge on any atom is -0.508 e. The van der Waals surface area contributed by atoms with Crippen molar-refractivity contribution in [2.24, 2.45) is 5.92 Å². The van der Waals surface area contributed by atoms with Crippen LogP contribution in [-0.2, 0) is 0 Å². The van der Waals surface area contributed by atoms with Gasteiger partial charge in [0.15, 0.2) is 6.10 Å². The van der Waals surface area contributed by atoms with Gasteiger partial charge in [-0.15, -0.1) is 0 Å². The number of hydrogen-bond donors (Lipinski definition) is 1. The lowest BCUT2D eigenvalue weighted by atomic mass is 9.88. The van der Waals surface area contributed by atoms with Gasteiger partial charge in [-0.3, -0.25) is 9.88 Å². The molecule has 1 atom stereocenters. The second kappa shape index (κ2) is 9.47. The Balaban J connectivity index is 1.37. The molecular formula is C28H29FN2O3. The topological polar surface area (TPSA) is 54.8 Å². The van der Waals surface area contributed by atoms with E-state index >= 15 is 0 Å². The number of hydrogen-bond acceptors (Lipinski definition) is 5. The summed E-state index contributed by atoms with van der Waals surface area (Å²) < 4.78 is 25.9. The van der Waals surface area contributed by atoms with E-state index < -0.39 is 11.9 Å². The highest BCUT2D eigenvalue weighted by Crippen LogP contribution is 2.47. The predicted molar refractivity (Wildman–Crippen MR) is 130 cm³/mol.